The number of ketones is 2. The quantitative estimate of drug-likeness (QED) is 0.163. The number of carbonyl (C=O) groups is 3. The van der Waals surface area contributed by atoms with Gasteiger partial charge >= 0.3 is 0 Å². The summed E-state index contributed by atoms with van der Waals surface area (Å²) in [7, 11) is 2.53. The van der Waals surface area contributed by atoms with Crippen molar-refractivity contribution in [3.8, 4) is 5.75 Å². The van der Waals surface area contributed by atoms with Gasteiger partial charge in [0.05, 0.1) is 17.6 Å². The number of hydrogen-bond acceptors (Lipinski definition) is 10. The average Bonchev–Trinajstić information content (AvgIpc) is 2.73. The molecule has 3 aliphatic rings. The maximum absolute atomic E-state index is 13.6. The molecule has 0 aliphatic heterocycles. The van der Waals surface area contributed by atoms with E-state index in [9.17, 15) is 45.0 Å². The van der Waals surface area contributed by atoms with Crippen LogP contribution in [0.25, 0.3) is 5.76 Å². The Balaban J connectivity index is 2.05. The van der Waals surface area contributed by atoms with Crippen LogP contribution in [0.3, 0.4) is 0 Å². The fourth-order valence-electron chi connectivity index (χ4n) is 5.22. The Morgan fingerprint density at radius 1 is 1.15 bits per heavy atom. The number of benzene rings is 1. The lowest BCUT2D eigenvalue weighted by atomic mass is 9.55. The van der Waals surface area contributed by atoms with Gasteiger partial charge in [-0.05, 0) is 32.6 Å². The monoisotopic (exact) mass is 480 g/mol. The van der Waals surface area contributed by atoms with E-state index < -0.39 is 81.6 Å². The topological polar surface area (TPSA) is 202 Å². The number of aliphatic hydroxyl groups excluding tert-OH is 3. The SMILES string of the molecule is CN(C)C1(O)C(O)=C(C(N)=O)C(=O)[C@@]2(O)C(=O)C3=C(O)c4c(O)ccc(Cl)c4[C@@H](O)[C@H]3C[C@@H]12. The molecule has 33 heavy (non-hydrogen) atoms. The molecule has 4 rings (SSSR count). The normalized spacial score (nSPS) is 33.7. The number of Topliss-reactive ketones (excluding diaryl/α,β-unsaturated/α-hetero) is 2. The van der Waals surface area contributed by atoms with Gasteiger partial charge in [-0.2, -0.15) is 0 Å². The summed E-state index contributed by atoms with van der Waals surface area (Å²) in [6.07, 6.45) is -2.10. The van der Waals surface area contributed by atoms with Gasteiger partial charge in [-0.3, -0.25) is 19.3 Å². The highest BCUT2D eigenvalue weighted by atomic mass is 35.5. The summed E-state index contributed by atoms with van der Waals surface area (Å²) in [5, 5.41) is 65.6. The smallest absolute Gasteiger partial charge is 0.256 e. The minimum absolute atomic E-state index is 0.0319. The molecule has 5 atom stereocenters. The number of fused-ring (bicyclic) bond motifs is 3. The van der Waals surface area contributed by atoms with Crippen molar-refractivity contribution in [2.45, 2.75) is 23.9 Å². The number of hydrogen-bond donors (Lipinski definition) is 7. The van der Waals surface area contributed by atoms with E-state index in [1.54, 1.807) is 0 Å². The zero-order valence-electron chi connectivity index (χ0n) is 17.4. The molecule has 3 aliphatic carbocycles. The van der Waals surface area contributed by atoms with Crippen LogP contribution >= 0.6 is 11.6 Å². The van der Waals surface area contributed by atoms with Gasteiger partial charge in [0, 0.05) is 22.1 Å². The molecule has 8 N–H and O–H groups in total. The first kappa shape index (κ1) is 23.2. The third kappa shape index (κ3) is 2.62. The van der Waals surface area contributed by atoms with Gasteiger partial charge in [-0.15, -0.1) is 0 Å². The number of primary amides is 1. The molecule has 0 radical (unpaired) electrons. The minimum atomic E-state index is -3.12. The second-order valence-corrected chi connectivity index (χ2v) is 9.00. The highest BCUT2D eigenvalue weighted by Gasteiger charge is 2.70. The highest BCUT2D eigenvalue weighted by molar-refractivity contribution is 6.34. The van der Waals surface area contributed by atoms with E-state index >= 15 is 0 Å². The Labute approximate surface area is 191 Å². The second-order valence-electron chi connectivity index (χ2n) is 8.59. The summed E-state index contributed by atoms with van der Waals surface area (Å²) in [6, 6.07) is 2.39. The van der Waals surface area contributed by atoms with E-state index in [1.807, 2.05) is 0 Å². The van der Waals surface area contributed by atoms with Crippen molar-refractivity contribution in [1.82, 2.24) is 4.90 Å². The number of halogens is 1. The van der Waals surface area contributed by atoms with Crippen LogP contribution in [0.2, 0.25) is 5.02 Å². The molecule has 11 nitrogen and oxygen atoms in total. The van der Waals surface area contributed by atoms with E-state index in [-0.39, 0.29) is 16.1 Å². The van der Waals surface area contributed by atoms with E-state index in [2.05, 4.69) is 0 Å². The van der Waals surface area contributed by atoms with Gasteiger partial charge in [-0.25, -0.2) is 0 Å². The standard InChI is InChI=1S/C21H21ClN2O9/c1-24(2)21(33)9-5-6-10(15(27)12-8(25)4-3-7(22)11(12)14(6)26)16(28)20(9,32)17(29)13(18(21)30)19(23)31/h3-4,6,9,14,25-27,30,32-33H,5H2,1-2H3,(H2,23,31)/t6-,9+,14-,20-,21?/m0/s1. The van der Waals surface area contributed by atoms with Crippen LogP contribution in [-0.4, -0.2) is 78.4 Å². The van der Waals surface area contributed by atoms with Crippen LogP contribution in [0.15, 0.2) is 29.0 Å². The Bertz CT molecular complexity index is 1210. The largest absolute Gasteiger partial charge is 0.507 e. The second kappa shape index (κ2) is 7.02. The molecule has 0 spiro atoms. The molecule has 0 saturated heterocycles. The third-order valence-corrected chi connectivity index (χ3v) is 7.20. The van der Waals surface area contributed by atoms with Crippen LogP contribution < -0.4 is 5.73 Å². The lowest BCUT2D eigenvalue weighted by Crippen LogP contribution is -2.72. The van der Waals surface area contributed by atoms with Crippen molar-refractivity contribution in [2.24, 2.45) is 17.6 Å². The molecule has 1 fully saturated rings. The van der Waals surface area contributed by atoms with Crippen molar-refractivity contribution in [3.63, 3.8) is 0 Å². The highest BCUT2D eigenvalue weighted by Crippen LogP contribution is 2.57. The van der Waals surface area contributed by atoms with Crippen LogP contribution in [0.4, 0.5) is 0 Å². The van der Waals surface area contributed by atoms with Crippen LogP contribution in [-0.2, 0) is 14.4 Å². The number of aliphatic hydroxyl groups is 5. The summed E-state index contributed by atoms with van der Waals surface area (Å²) in [5.41, 5.74) is -2.74. The molecule has 1 unspecified atom stereocenters. The molecule has 0 aromatic heterocycles. The summed E-state index contributed by atoms with van der Waals surface area (Å²) >= 11 is 6.16. The Hall–Kier alpha value is -2.96. The molecular weight excluding hydrogens is 460 g/mol. The lowest BCUT2D eigenvalue weighted by molar-refractivity contribution is -0.206. The van der Waals surface area contributed by atoms with Gasteiger partial charge in [0.1, 0.15) is 17.1 Å². The number of likely N-dealkylation sites (N-methyl/N-ethyl adjacent to an activating group) is 1. The van der Waals surface area contributed by atoms with Crippen LogP contribution in [0.1, 0.15) is 23.7 Å². The van der Waals surface area contributed by atoms with Gasteiger partial charge in [0.25, 0.3) is 5.91 Å². The van der Waals surface area contributed by atoms with Crippen LogP contribution in [0.5, 0.6) is 5.75 Å². The zero-order chi connectivity index (χ0) is 24.8. The Kier molecular flexibility index (Phi) is 4.94. The van der Waals surface area contributed by atoms with Gasteiger partial charge in [0.2, 0.25) is 11.6 Å². The summed E-state index contributed by atoms with van der Waals surface area (Å²) < 4.78 is 0. The third-order valence-electron chi connectivity index (χ3n) is 6.87. The maximum atomic E-state index is 13.6. The number of nitrogens with two attached hydrogens (primary N) is 1. The number of carbonyl (C=O) groups excluding carboxylic acids is 3. The zero-order valence-corrected chi connectivity index (χ0v) is 18.2. The molecular formula is C21H21ClN2O9. The first-order valence-electron chi connectivity index (χ1n) is 9.80. The number of phenolic OH excluding ortho intramolecular Hbond substituents is 1. The van der Waals surface area contributed by atoms with E-state index in [4.69, 9.17) is 17.3 Å². The minimum Gasteiger partial charge on any atom is -0.507 e. The fraction of sp³-hybridized carbons (Fsp3) is 0.381. The number of nitrogens with zero attached hydrogens (tertiary/aromatic N) is 1. The van der Waals surface area contributed by atoms with Crippen molar-refractivity contribution in [3.05, 3.63) is 45.2 Å². The first-order chi connectivity index (χ1) is 15.2. The molecule has 0 heterocycles. The predicted octanol–water partition coefficient (Wildman–Crippen LogP) is -0.572. The predicted molar refractivity (Wildman–Crippen MR) is 112 cm³/mol. The first-order valence-corrected chi connectivity index (χ1v) is 10.2. The lowest BCUT2D eigenvalue weighted by Gasteiger charge is -2.54. The fourth-order valence-corrected chi connectivity index (χ4v) is 5.49. The number of rotatable bonds is 2. The number of aromatic hydroxyl groups is 1. The van der Waals surface area contributed by atoms with Gasteiger partial charge in [0.15, 0.2) is 17.1 Å². The summed E-state index contributed by atoms with van der Waals surface area (Å²) in [5.74, 6) is -10.0. The Morgan fingerprint density at radius 3 is 2.30 bits per heavy atom. The van der Waals surface area contributed by atoms with E-state index in [0.29, 0.717) is 0 Å². The number of amides is 1. The molecule has 1 aromatic carbocycles. The maximum Gasteiger partial charge on any atom is 0.256 e. The van der Waals surface area contributed by atoms with Crippen molar-refractivity contribution in [1.29, 1.82) is 0 Å². The molecule has 12 heteroatoms. The molecule has 0 bridgehead atoms. The molecule has 1 amide bonds. The van der Waals surface area contributed by atoms with Crippen LogP contribution in [0, 0.1) is 11.8 Å². The van der Waals surface area contributed by atoms with Crippen molar-refractivity contribution in [2.75, 3.05) is 14.1 Å². The average molecular weight is 481 g/mol. The molecule has 1 aromatic rings. The summed E-state index contributed by atoms with van der Waals surface area (Å²) in [6.45, 7) is 0. The van der Waals surface area contributed by atoms with Crippen molar-refractivity contribution >= 4 is 34.8 Å². The van der Waals surface area contributed by atoms with Crippen molar-refractivity contribution < 1.29 is 45.0 Å². The van der Waals surface area contributed by atoms with E-state index in [0.717, 1.165) is 11.0 Å². The summed E-state index contributed by atoms with van der Waals surface area (Å²) in [4.78, 5) is 39.6. The van der Waals surface area contributed by atoms with Gasteiger partial charge < -0.3 is 36.4 Å². The van der Waals surface area contributed by atoms with Gasteiger partial charge in [-0.1, -0.05) is 11.6 Å². The van der Waals surface area contributed by atoms with E-state index in [1.165, 1.54) is 20.2 Å². The number of phenols is 1. The molecule has 176 valence electrons. The molecule has 1 saturated carbocycles. The Morgan fingerprint density at radius 2 is 1.76 bits per heavy atom.